The van der Waals surface area contributed by atoms with Crippen molar-refractivity contribution in [1.29, 1.82) is 5.26 Å². The SMILES string of the molecule is CSc1sc(C)cc1[C@@H]1C(C#N)=C(N)N(c2cccc(Cl)c2)C2=C1C(=O)CC(C)(C)C2. The number of nitrogens with zero attached hydrogens (tertiary/aromatic N) is 2. The van der Waals surface area contributed by atoms with Crippen molar-refractivity contribution < 1.29 is 4.79 Å². The molecule has 2 aromatic rings. The van der Waals surface area contributed by atoms with Crippen LogP contribution in [0.2, 0.25) is 5.02 Å². The second-order valence-corrected chi connectivity index (χ2v) is 11.5. The van der Waals surface area contributed by atoms with E-state index < -0.39 is 5.92 Å². The molecule has 0 spiro atoms. The fourth-order valence-electron chi connectivity index (χ4n) is 4.60. The van der Waals surface area contributed by atoms with Gasteiger partial charge in [-0.2, -0.15) is 5.26 Å². The summed E-state index contributed by atoms with van der Waals surface area (Å²) in [5.74, 6) is 0.0146. The molecular formula is C24H24ClN3OS2. The molecule has 0 radical (unpaired) electrons. The van der Waals surface area contributed by atoms with Gasteiger partial charge in [-0.25, -0.2) is 0 Å². The first-order valence-corrected chi connectivity index (χ1v) is 12.4. The van der Waals surface area contributed by atoms with E-state index in [1.165, 1.54) is 0 Å². The number of halogens is 1. The van der Waals surface area contributed by atoms with Crippen LogP contribution in [0.4, 0.5) is 5.69 Å². The molecule has 7 heteroatoms. The van der Waals surface area contributed by atoms with Crippen molar-refractivity contribution in [2.45, 2.75) is 43.7 Å². The van der Waals surface area contributed by atoms with E-state index in [4.69, 9.17) is 17.3 Å². The van der Waals surface area contributed by atoms with E-state index in [1.54, 1.807) is 29.2 Å². The van der Waals surface area contributed by atoms with Gasteiger partial charge in [0.15, 0.2) is 5.78 Å². The van der Waals surface area contributed by atoms with Crippen LogP contribution >= 0.6 is 34.7 Å². The van der Waals surface area contributed by atoms with E-state index in [0.29, 0.717) is 34.8 Å². The molecule has 4 nitrogen and oxygen atoms in total. The summed E-state index contributed by atoms with van der Waals surface area (Å²) in [5, 5.41) is 10.8. The molecule has 0 saturated heterocycles. The number of benzene rings is 1. The Kier molecular flexibility index (Phi) is 5.72. The molecule has 1 aromatic heterocycles. The Balaban J connectivity index is 2.03. The number of allylic oxidation sites excluding steroid dienone is 3. The zero-order valence-electron chi connectivity index (χ0n) is 18.0. The number of hydrogen-bond donors (Lipinski definition) is 1. The van der Waals surface area contributed by atoms with Crippen molar-refractivity contribution in [2.75, 3.05) is 11.2 Å². The van der Waals surface area contributed by atoms with Crippen molar-refractivity contribution in [3.05, 3.63) is 68.5 Å². The number of rotatable bonds is 3. The second kappa shape index (κ2) is 8.05. The number of ketones is 1. The maximum absolute atomic E-state index is 13.6. The molecule has 1 aliphatic carbocycles. The average molecular weight is 470 g/mol. The minimum atomic E-state index is -0.438. The van der Waals surface area contributed by atoms with Gasteiger partial charge >= 0.3 is 0 Å². The molecule has 0 saturated carbocycles. The van der Waals surface area contributed by atoms with E-state index in [0.717, 1.165) is 26.0 Å². The van der Waals surface area contributed by atoms with Crippen LogP contribution in [0.3, 0.4) is 0 Å². The quantitative estimate of drug-likeness (QED) is 0.528. The first-order chi connectivity index (χ1) is 14.7. The highest BCUT2D eigenvalue weighted by molar-refractivity contribution is 8.00. The number of thioether (sulfide) groups is 1. The summed E-state index contributed by atoms with van der Waals surface area (Å²) in [4.78, 5) is 16.6. The molecule has 0 bridgehead atoms. The molecule has 0 unspecified atom stereocenters. The first-order valence-electron chi connectivity index (χ1n) is 10.0. The summed E-state index contributed by atoms with van der Waals surface area (Å²) in [5.41, 5.74) is 10.2. The summed E-state index contributed by atoms with van der Waals surface area (Å²) in [6.07, 6.45) is 3.16. The highest BCUT2D eigenvalue weighted by atomic mass is 35.5. The monoisotopic (exact) mass is 469 g/mol. The number of hydrogen-bond acceptors (Lipinski definition) is 6. The number of carbonyl (C=O) groups excluding carboxylic acids is 1. The largest absolute Gasteiger partial charge is 0.384 e. The van der Waals surface area contributed by atoms with Gasteiger partial charge < -0.3 is 5.73 Å². The number of aryl methyl sites for hydroxylation is 1. The van der Waals surface area contributed by atoms with Gasteiger partial charge in [-0.05, 0) is 54.8 Å². The predicted molar refractivity (Wildman–Crippen MR) is 129 cm³/mol. The zero-order valence-corrected chi connectivity index (χ0v) is 20.3. The Bertz CT molecular complexity index is 1190. The van der Waals surface area contributed by atoms with Crippen LogP contribution in [0, 0.1) is 23.7 Å². The van der Waals surface area contributed by atoms with Gasteiger partial charge in [-0.3, -0.25) is 9.69 Å². The molecule has 1 atom stereocenters. The van der Waals surface area contributed by atoms with E-state index in [9.17, 15) is 10.1 Å². The first kappa shape index (κ1) is 22.0. The lowest BCUT2D eigenvalue weighted by Gasteiger charge is -2.43. The van der Waals surface area contributed by atoms with E-state index in [-0.39, 0.29) is 11.2 Å². The zero-order chi connectivity index (χ0) is 22.5. The van der Waals surface area contributed by atoms with Gasteiger partial charge in [0.2, 0.25) is 0 Å². The molecule has 160 valence electrons. The average Bonchev–Trinajstić information content (AvgIpc) is 3.06. The van der Waals surface area contributed by atoms with Crippen LogP contribution in [0.5, 0.6) is 0 Å². The molecule has 2 aliphatic rings. The number of nitriles is 1. The third-order valence-corrected chi connectivity index (χ3v) is 8.24. The maximum Gasteiger partial charge on any atom is 0.162 e. The molecule has 31 heavy (non-hydrogen) atoms. The van der Waals surface area contributed by atoms with Gasteiger partial charge in [-0.1, -0.05) is 31.5 Å². The van der Waals surface area contributed by atoms with E-state index in [2.05, 4.69) is 32.9 Å². The van der Waals surface area contributed by atoms with Crippen molar-refractivity contribution in [1.82, 2.24) is 0 Å². The lowest BCUT2D eigenvalue weighted by atomic mass is 9.69. The highest BCUT2D eigenvalue weighted by Crippen LogP contribution is 2.52. The van der Waals surface area contributed by atoms with Crippen molar-refractivity contribution in [3.63, 3.8) is 0 Å². The predicted octanol–water partition coefficient (Wildman–Crippen LogP) is 6.37. The Morgan fingerprint density at radius 1 is 1.32 bits per heavy atom. The molecule has 1 aromatic carbocycles. The van der Waals surface area contributed by atoms with Crippen LogP contribution in [-0.4, -0.2) is 12.0 Å². The number of thiophene rings is 1. The lowest BCUT2D eigenvalue weighted by molar-refractivity contribution is -0.118. The molecule has 0 fully saturated rings. The van der Waals surface area contributed by atoms with Gasteiger partial charge in [0.25, 0.3) is 0 Å². The highest BCUT2D eigenvalue weighted by Gasteiger charge is 2.45. The summed E-state index contributed by atoms with van der Waals surface area (Å²) < 4.78 is 1.11. The molecule has 4 rings (SSSR count). The summed E-state index contributed by atoms with van der Waals surface area (Å²) in [6.45, 7) is 6.25. The van der Waals surface area contributed by atoms with Crippen LogP contribution in [-0.2, 0) is 4.79 Å². The summed E-state index contributed by atoms with van der Waals surface area (Å²) in [7, 11) is 0. The fraction of sp³-hybridized carbons (Fsp3) is 0.333. The number of anilines is 1. The standard InChI is InChI=1S/C24H24ClN3OS2/c1-13-8-16(23(30-4)31-13)20-17(12-26)22(27)28(15-7-5-6-14(25)9-15)18-10-24(2,3)11-19(29)21(18)20/h5-9,20H,10-11,27H2,1-4H3/t20-/m1/s1. The van der Waals surface area contributed by atoms with Gasteiger partial charge in [0, 0.05) is 33.3 Å². The number of nitrogens with two attached hydrogens (primary N) is 1. The Morgan fingerprint density at radius 2 is 2.06 bits per heavy atom. The maximum atomic E-state index is 13.6. The summed E-state index contributed by atoms with van der Waals surface area (Å²) in [6, 6.07) is 11.8. The van der Waals surface area contributed by atoms with Crippen molar-refractivity contribution in [2.24, 2.45) is 11.1 Å². The second-order valence-electron chi connectivity index (χ2n) is 8.76. The van der Waals surface area contributed by atoms with Crippen LogP contribution < -0.4 is 10.6 Å². The molecule has 2 heterocycles. The van der Waals surface area contributed by atoms with Crippen LogP contribution in [0.25, 0.3) is 0 Å². The third-order valence-electron chi connectivity index (χ3n) is 5.79. The van der Waals surface area contributed by atoms with E-state index in [1.807, 2.05) is 29.4 Å². The van der Waals surface area contributed by atoms with Crippen molar-refractivity contribution in [3.8, 4) is 6.07 Å². The Hall–Kier alpha value is -2.20. The van der Waals surface area contributed by atoms with Crippen LogP contribution in [0.15, 0.2) is 57.2 Å². The molecule has 2 N–H and O–H groups in total. The molecular weight excluding hydrogens is 446 g/mol. The Labute approximate surface area is 196 Å². The fourth-order valence-corrected chi connectivity index (χ4v) is 6.70. The minimum Gasteiger partial charge on any atom is -0.384 e. The lowest BCUT2D eigenvalue weighted by Crippen LogP contribution is -2.42. The molecule has 1 aliphatic heterocycles. The van der Waals surface area contributed by atoms with Crippen LogP contribution in [0.1, 0.15) is 43.0 Å². The smallest absolute Gasteiger partial charge is 0.162 e. The van der Waals surface area contributed by atoms with Gasteiger partial charge in [0.05, 0.1) is 21.8 Å². The topological polar surface area (TPSA) is 70.1 Å². The number of carbonyl (C=O) groups is 1. The molecule has 0 amide bonds. The third kappa shape index (κ3) is 3.80. The minimum absolute atomic E-state index is 0.0828. The number of Topliss-reactive ketones (excluding diaryl/α,β-unsaturated/α-hetero) is 1. The van der Waals surface area contributed by atoms with Gasteiger partial charge in [0.1, 0.15) is 5.82 Å². The van der Waals surface area contributed by atoms with Crippen molar-refractivity contribution >= 4 is 46.2 Å². The van der Waals surface area contributed by atoms with Gasteiger partial charge in [-0.15, -0.1) is 23.1 Å². The Morgan fingerprint density at radius 3 is 2.71 bits per heavy atom. The van der Waals surface area contributed by atoms with E-state index >= 15 is 0 Å². The normalized spacial score (nSPS) is 20.7. The summed E-state index contributed by atoms with van der Waals surface area (Å²) >= 11 is 9.61.